The van der Waals surface area contributed by atoms with Crippen LogP contribution < -0.4 is 0 Å². The smallest absolute Gasteiger partial charge is 0.178 e. The fourth-order valence-corrected chi connectivity index (χ4v) is 2.49. The molecule has 3 nitrogen and oxygen atoms in total. The molecule has 2 heterocycles. The van der Waals surface area contributed by atoms with E-state index in [1.165, 1.54) is 5.56 Å². The molecule has 0 unspecified atom stereocenters. The second kappa shape index (κ2) is 6.24. The Morgan fingerprint density at radius 1 is 1.21 bits per heavy atom. The van der Waals surface area contributed by atoms with Crippen LogP contribution in [0.5, 0.6) is 0 Å². The molecule has 0 saturated heterocycles. The van der Waals surface area contributed by atoms with Crippen LogP contribution in [0.2, 0.25) is 0 Å². The Balaban J connectivity index is 2.54. The number of hydrogen-bond acceptors (Lipinski definition) is 3. The molecule has 0 saturated carbocycles. The van der Waals surface area contributed by atoms with Gasteiger partial charge in [0.1, 0.15) is 5.69 Å². The van der Waals surface area contributed by atoms with E-state index in [-0.39, 0.29) is 0 Å². The zero-order valence-electron chi connectivity index (χ0n) is 11.5. The van der Waals surface area contributed by atoms with Crippen molar-refractivity contribution in [3.63, 3.8) is 0 Å². The summed E-state index contributed by atoms with van der Waals surface area (Å²) in [5, 5.41) is 0.781. The van der Waals surface area contributed by atoms with E-state index in [2.05, 4.69) is 52.7 Å². The first kappa shape index (κ1) is 14.1. The van der Waals surface area contributed by atoms with Gasteiger partial charge in [-0.25, -0.2) is 9.97 Å². The Hall–Kier alpha value is -1.29. The Morgan fingerprint density at radius 2 is 2.00 bits per heavy atom. The third kappa shape index (κ3) is 3.00. The van der Waals surface area contributed by atoms with Crippen LogP contribution in [0.4, 0.5) is 0 Å². The number of rotatable bonds is 4. The van der Waals surface area contributed by atoms with Crippen LogP contribution in [0.25, 0.3) is 11.5 Å². The van der Waals surface area contributed by atoms with Gasteiger partial charge in [0.15, 0.2) is 5.82 Å². The average molecular weight is 320 g/mol. The zero-order valence-corrected chi connectivity index (χ0v) is 13.1. The molecule has 0 aliphatic heterocycles. The van der Waals surface area contributed by atoms with Crippen molar-refractivity contribution in [2.24, 2.45) is 0 Å². The lowest BCUT2D eigenvalue weighted by Crippen LogP contribution is -2.04. The van der Waals surface area contributed by atoms with Gasteiger partial charge in [-0.15, -0.1) is 0 Å². The minimum absolute atomic E-state index is 0.378. The summed E-state index contributed by atoms with van der Waals surface area (Å²) in [7, 11) is 0. The van der Waals surface area contributed by atoms with Gasteiger partial charge in [0.05, 0.1) is 5.69 Å². The predicted octanol–water partition coefficient (Wildman–Crippen LogP) is 4.12. The van der Waals surface area contributed by atoms with Crippen molar-refractivity contribution in [1.29, 1.82) is 0 Å². The van der Waals surface area contributed by atoms with Crippen LogP contribution in [0.3, 0.4) is 0 Å². The van der Waals surface area contributed by atoms with Crippen LogP contribution in [0, 0.1) is 0 Å². The summed E-state index contributed by atoms with van der Waals surface area (Å²) in [4.78, 5) is 13.6. The Kier molecular flexibility index (Phi) is 4.64. The normalized spacial score (nSPS) is 11.0. The third-order valence-corrected chi connectivity index (χ3v) is 3.68. The topological polar surface area (TPSA) is 38.7 Å². The molecular formula is C15H18BrN3. The first-order chi connectivity index (χ1) is 9.17. The summed E-state index contributed by atoms with van der Waals surface area (Å²) in [6.07, 6.45) is 4.63. The van der Waals surface area contributed by atoms with E-state index in [1.807, 2.05) is 12.3 Å². The van der Waals surface area contributed by atoms with Crippen molar-refractivity contribution in [3.05, 3.63) is 41.3 Å². The standard InChI is InChI=1S/C15H18BrN3/c1-4-11-6-5-7-17-14(11)15-18-9-12(8-16)13(19-15)10(2)3/h5-7,9-10H,4,8H2,1-3H3. The monoisotopic (exact) mass is 319 g/mol. The van der Waals surface area contributed by atoms with Gasteiger partial charge in [-0.05, 0) is 24.0 Å². The Labute approximate surface area is 122 Å². The summed E-state index contributed by atoms with van der Waals surface area (Å²) >= 11 is 3.49. The molecule has 19 heavy (non-hydrogen) atoms. The highest BCUT2D eigenvalue weighted by Crippen LogP contribution is 2.23. The maximum Gasteiger partial charge on any atom is 0.178 e. The number of pyridine rings is 1. The molecule has 0 N–H and O–H groups in total. The van der Waals surface area contributed by atoms with Crippen molar-refractivity contribution in [2.75, 3.05) is 0 Å². The molecule has 0 aromatic carbocycles. The van der Waals surface area contributed by atoms with Gasteiger partial charge < -0.3 is 0 Å². The van der Waals surface area contributed by atoms with Gasteiger partial charge in [-0.2, -0.15) is 0 Å². The second-order valence-electron chi connectivity index (χ2n) is 4.76. The number of aromatic nitrogens is 3. The molecule has 2 rings (SSSR count). The van der Waals surface area contributed by atoms with E-state index in [1.54, 1.807) is 6.20 Å². The van der Waals surface area contributed by atoms with E-state index in [0.717, 1.165) is 34.5 Å². The highest BCUT2D eigenvalue weighted by atomic mass is 79.9. The largest absolute Gasteiger partial charge is 0.253 e. The van der Waals surface area contributed by atoms with Gasteiger partial charge in [-0.3, -0.25) is 4.98 Å². The van der Waals surface area contributed by atoms with Crippen LogP contribution >= 0.6 is 15.9 Å². The van der Waals surface area contributed by atoms with E-state index in [9.17, 15) is 0 Å². The molecule has 0 aliphatic rings. The summed E-state index contributed by atoms with van der Waals surface area (Å²) < 4.78 is 0. The lowest BCUT2D eigenvalue weighted by molar-refractivity contribution is 0.801. The molecular weight excluding hydrogens is 302 g/mol. The minimum atomic E-state index is 0.378. The Morgan fingerprint density at radius 3 is 2.63 bits per heavy atom. The minimum Gasteiger partial charge on any atom is -0.253 e. The molecule has 100 valence electrons. The van der Waals surface area contributed by atoms with Crippen molar-refractivity contribution in [3.8, 4) is 11.5 Å². The molecule has 0 bridgehead atoms. The zero-order chi connectivity index (χ0) is 13.8. The van der Waals surface area contributed by atoms with Crippen LogP contribution in [-0.2, 0) is 11.8 Å². The van der Waals surface area contributed by atoms with E-state index in [4.69, 9.17) is 4.98 Å². The van der Waals surface area contributed by atoms with Gasteiger partial charge in [0.25, 0.3) is 0 Å². The van der Waals surface area contributed by atoms with Crippen molar-refractivity contribution in [2.45, 2.75) is 38.4 Å². The molecule has 2 aromatic rings. The first-order valence-electron chi connectivity index (χ1n) is 6.53. The lowest BCUT2D eigenvalue weighted by atomic mass is 10.1. The number of alkyl halides is 1. The summed E-state index contributed by atoms with van der Waals surface area (Å²) in [6.45, 7) is 6.42. The van der Waals surface area contributed by atoms with Gasteiger partial charge >= 0.3 is 0 Å². The quantitative estimate of drug-likeness (QED) is 0.796. The molecule has 4 heteroatoms. The number of nitrogens with zero attached hydrogens (tertiary/aromatic N) is 3. The number of halogens is 1. The van der Waals surface area contributed by atoms with Crippen LogP contribution in [-0.4, -0.2) is 15.0 Å². The fraction of sp³-hybridized carbons (Fsp3) is 0.400. The van der Waals surface area contributed by atoms with Gasteiger partial charge in [0.2, 0.25) is 0 Å². The van der Waals surface area contributed by atoms with E-state index < -0.39 is 0 Å². The first-order valence-corrected chi connectivity index (χ1v) is 7.65. The third-order valence-electron chi connectivity index (χ3n) is 3.07. The molecule has 0 radical (unpaired) electrons. The van der Waals surface area contributed by atoms with E-state index >= 15 is 0 Å². The highest BCUT2D eigenvalue weighted by molar-refractivity contribution is 9.08. The molecule has 0 spiro atoms. The Bertz CT molecular complexity index is 567. The van der Waals surface area contributed by atoms with Crippen molar-refractivity contribution < 1.29 is 0 Å². The number of aryl methyl sites for hydroxylation is 1. The molecule has 0 fully saturated rings. The SMILES string of the molecule is CCc1cccnc1-c1ncc(CBr)c(C(C)C)n1. The maximum absolute atomic E-state index is 4.72. The predicted molar refractivity (Wildman–Crippen MR) is 81.4 cm³/mol. The lowest BCUT2D eigenvalue weighted by Gasteiger charge is -2.12. The molecule has 0 atom stereocenters. The molecule has 2 aromatic heterocycles. The summed E-state index contributed by atoms with van der Waals surface area (Å²) in [6, 6.07) is 4.04. The summed E-state index contributed by atoms with van der Waals surface area (Å²) in [5.41, 5.74) is 4.32. The highest BCUT2D eigenvalue weighted by Gasteiger charge is 2.13. The average Bonchev–Trinajstić information content (AvgIpc) is 2.46. The maximum atomic E-state index is 4.72. The fourth-order valence-electron chi connectivity index (χ4n) is 2.06. The van der Waals surface area contributed by atoms with Crippen LogP contribution in [0.15, 0.2) is 24.5 Å². The van der Waals surface area contributed by atoms with Gasteiger partial charge in [-0.1, -0.05) is 42.8 Å². The van der Waals surface area contributed by atoms with Gasteiger partial charge in [0, 0.05) is 23.3 Å². The van der Waals surface area contributed by atoms with Crippen molar-refractivity contribution >= 4 is 15.9 Å². The molecule has 0 aliphatic carbocycles. The van der Waals surface area contributed by atoms with Crippen molar-refractivity contribution in [1.82, 2.24) is 15.0 Å². The number of hydrogen-bond donors (Lipinski definition) is 0. The summed E-state index contributed by atoms with van der Waals surface area (Å²) in [5.74, 6) is 1.11. The van der Waals surface area contributed by atoms with Crippen LogP contribution in [0.1, 0.15) is 43.5 Å². The second-order valence-corrected chi connectivity index (χ2v) is 5.32. The van der Waals surface area contributed by atoms with E-state index in [0.29, 0.717) is 5.92 Å². The molecule has 0 amide bonds.